The van der Waals surface area contributed by atoms with Crippen LogP contribution in [-0.2, 0) is 6.42 Å². The fraction of sp³-hybridized carbons (Fsp3) is 0.406. The van der Waals surface area contributed by atoms with Crippen LogP contribution in [0.3, 0.4) is 0 Å². The van der Waals surface area contributed by atoms with Crippen LogP contribution in [0.5, 0.6) is 0 Å². The van der Waals surface area contributed by atoms with E-state index in [1.165, 1.54) is 23.5 Å². The van der Waals surface area contributed by atoms with Gasteiger partial charge in [-0.2, -0.15) is 4.98 Å². The van der Waals surface area contributed by atoms with E-state index in [1.807, 2.05) is 6.92 Å². The van der Waals surface area contributed by atoms with E-state index in [0.717, 1.165) is 31.2 Å². The molecule has 1 fully saturated rings. The molecule has 228 valence electrons. The highest BCUT2D eigenvalue weighted by Crippen LogP contribution is 2.34. The van der Waals surface area contributed by atoms with Gasteiger partial charge in [-0.05, 0) is 101 Å². The van der Waals surface area contributed by atoms with E-state index < -0.39 is 17.3 Å². The molecule has 0 bridgehead atoms. The van der Waals surface area contributed by atoms with Gasteiger partial charge in [-0.1, -0.05) is 17.7 Å². The molecule has 0 saturated heterocycles. The van der Waals surface area contributed by atoms with Crippen molar-refractivity contribution in [3.8, 4) is 16.9 Å². The van der Waals surface area contributed by atoms with Gasteiger partial charge in [0.1, 0.15) is 11.5 Å². The minimum atomic E-state index is -0.590. The molecule has 0 radical (unpaired) electrons. The van der Waals surface area contributed by atoms with E-state index in [2.05, 4.69) is 20.6 Å². The average Bonchev–Trinajstić information content (AvgIpc) is 3.74. The molecule has 0 spiro atoms. The molecule has 11 heteroatoms. The number of nitrogens with one attached hydrogen (secondary N) is 4. The number of hydrogen-bond donors (Lipinski definition) is 5. The number of aromatic amines is 1. The van der Waals surface area contributed by atoms with Gasteiger partial charge in [0.2, 0.25) is 0 Å². The molecule has 0 amide bonds. The molecule has 2 aromatic carbocycles. The van der Waals surface area contributed by atoms with Gasteiger partial charge in [-0.15, -0.1) is 0 Å². The summed E-state index contributed by atoms with van der Waals surface area (Å²) in [5, 5.41) is 14.2. The zero-order chi connectivity index (χ0) is 30.7. The Labute approximate surface area is 254 Å². The van der Waals surface area contributed by atoms with E-state index in [0.29, 0.717) is 58.4 Å². The monoisotopic (exact) mass is 609 g/mol. The maximum Gasteiger partial charge on any atom is 0.354 e. The largest absolute Gasteiger partial charge is 0.374 e. The summed E-state index contributed by atoms with van der Waals surface area (Å²) in [6, 6.07) is 9.75. The molecule has 4 aromatic rings. The summed E-state index contributed by atoms with van der Waals surface area (Å²) in [6.45, 7) is 4.88. The topological polar surface area (TPSA) is 125 Å². The van der Waals surface area contributed by atoms with Gasteiger partial charge in [0, 0.05) is 41.3 Å². The van der Waals surface area contributed by atoms with Gasteiger partial charge in [0.15, 0.2) is 5.82 Å². The summed E-state index contributed by atoms with van der Waals surface area (Å²) < 4.78 is 31.6. The lowest BCUT2D eigenvalue weighted by atomic mass is 10.00. The molecule has 43 heavy (non-hydrogen) atoms. The first-order chi connectivity index (χ1) is 20.6. The summed E-state index contributed by atoms with van der Waals surface area (Å²) in [6.07, 6.45) is 7.30. The molecule has 2 heterocycles. The second-order valence-corrected chi connectivity index (χ2v) is 11.9. The fourth-order valence-corrected chi connectivity index (χ4v) is 5.66. The molecular formula is C32H38ClF2N7O. The Morgan fingerprint density at radius 2 is 2.00 bits per heavy atom. The van der Waals surface area contributed by atoms with E-state index >= 15 is 8.78 Å². The van der Waals surface area contributed by atoms with Crippen molar-refractivity contribution in [1.29, 1.82) is 5.41 Å². The van der Waals surface area contributed by atoms with Crippen LogP contribution in [0.4, 0.5) is 8.78 Å². The van der Waals surface area contributed by atoms with Gasteiger partial charge in [0.05, 0.1) is 22.2 Å². The van der Waals surface area contributed by atoms with Crippen LogP contribution in [0, 0.1) is 23.0 Å². The van der Waals surface area contributed by atoms with Crippen molar-refractivity contribution in [2.75, 3.05) is 13.1 Å². The Hall–Kier alpha value is -3.60. The Morgan fingerprint density at radius 1 is 1.21 bits per heavy atom. The third kappa shape index (κ3) is 7.49. The molecule has 1 aliphatic carbocycles. The molecular weight excluding hydrogens is 572 g/mol. The highest BCUT2D eigenvalue weighted by atomic mass is 35.5. The zero-order valence-corrected chi connectivity index (χ0v) is 25.2. The highest BCUT2D eigenvalue weighted by molar-refractivity contribution is 6.31. The first kappa shape index (κ1) is 30.8. The van der Waals surface area contributed by atoms with E-state index in [-0.39, 0.29) is 17.1 Å². The van der Waals surface area contributed by atoms with Gasteiger partial charge in [0.25, 0.3) is 0 Å². The standard InChI is InChI=1S/C32H38ClF2N7O/c1-18(38-11-4-12-39-19(2)36)24-10-9-23(16-27(24)34)42-17-22-15-29(40-31(22)41-32(42)43)25-13-20(14-26(33)30(25)35)5-3-6-28(37)21-7-8-21/h9-10,13-18,21,28,38H,3-8,11-12,37H2,1-2H3,(H2,36,39)(H,40,41,43)/t18-,28?/m0/s1. The SMILES string of the molecule is CC(=N)NCCCN[C@@H](C)c1ccc(-n2cc3cc(-c4cc(CCCC(N)C5CC5)cc(Cl)c4F)[nH]c3nc2=O)cc1F. The maximum atomic E-state index is 15.2. The number of nitrogens with two attached hydrogens (primary N) is 1. The van der Waals surface area contributed by atoms with Crippen molar-refractivity contribution in [3.05, 3.63) is 80.9 Å². The molecule has 8 nitrogen and oxygen atoms in total. The molecule has 6 N–H and O–H groups in total. The van der Waals surface area contributed by atoms with Crippen LogP contribution in [-0.4, -0.2) is 39.5 Å². The molecule has 2 atom stereocenters. The number of fused-ring (bicyclic) bond motifs is 1. The Kier molecular flexibility index (Phi) is 9.59. The predicted molar refractivity (Wildman–Crippen MR) is 168 cm³/mol. The summed E-state index contributed by atoms with van der Waals surface area (Å²) in [4.78, 5) is 20.1. The quantitative estimate of drug-likeness (QED) is 0.0722. The van der Waals surface area contributed by atoms with E-state index in [9.17, 15) is 4.79 Å². The Morgan fingerprint density at radius 3 is 2.72 bits per heavy atom. The fourth-order valence-electron chi connectivity index (χ4n) is 5.42. The van der Waals surface area contributed by atoms with Gasteiger partial charge >= 0.3 is 5.69 Å². The van der Waals surface area contributed by atoms with Crippen molar-refractivity contribution < 1.29 is 8.78 Å². The van der Waals surface area contributed by atoms with Crippen molar-refractivity contribution >= 4 is 28.5 Å². The maximum absolute atomic E-state index is 15.2. The van der Waals surface area contributed by atoms with Crippen molar-refractivity contribution in [3.63, 3.8) is 0 Å². The minimum absolute atomic E-state index is 0.0302. The lowest BCUT2D eigenvalue weighted by Crippen LogP contribution is -2.26. The smallest absolute Gasteiger partial charge is 0.354 e. The third-order valence-corrected chi connectivity index (χ3v) is 8.31. The molecule has 2 aromatic heterocycles. The second-order valence-electron chi connectivity index (χ2n) is 11.5. The van der Waals surface area contributed by atoms with Crippen LogP contribution in [0.2, 0.25) is 5.02 Å². The van der Waals surface area contributed by atoms with E-state index in [4.69, 9.17) is 22.7 Å². The number of hydrogen-bond acceptors (Lipinski definition) is 5. The minimum Gasteiger partial charge on any atom is -0.374 e. The van der Waals surface area contributed by atoms with Crippen LogP contribution in [0.1, 0.15) is 63.1 Å². The number of aromatic nitrogens is 3. The average molecular weight is 610 g/mol. The van der Waals surface area contributed by atoms with Crippen molar-refractivity contribution in [2.24, 2.45) is 11.7 Å². The Balaban J connectivity index is 1.33. The number of benzene rings is 2. The number of nitrogens with zero attached hydrogens (tertiary/aromatic N) is 2. The van der Waals surface area contributed by atoms with Crippen LogP contribution in [0.15, 0.2) is 47.4 Å². The third-order valence-electron chi connectivity index (χ3n) is 8.04. The molecule has 0 aliphatic heterocycles. The van der Waals surface area contributed by atoms with E-state index in [1.54, 1.807) is 43.5 Å². The second kappa shape index (κ2) is 13.4. The molecule has 1 aliphatic rings. The number of aryl methyl sites for hydroxylation is 1. The van der Waals surface area contributed by atoms with Crippen LogP contribution in [0.25, 0.3) is 28.0 Å². The van der Waals surface area contributed by atoms with Crippen LogP contribution >= 0.6 is 11.6 Å². The van der Waals surface area contributed by atoms with Gasteiger partial charge in [-0.25, -0.2) is 13.6 Å². The predicted octanol–water partition coefficient (Wildman–Crippen LogP) is 6.00. The molecule has 1 saturated carbocycles. The van der Waals surface area contributed by atoms with Crippen LogP contribution < -0.4 is 22.1 Å². The number of rotatable bonds is 13. The van der Waals surface area contributed by atoms with Gasteiger partial charge < -0.3 is 21.4 Å². The lowest BCUT2D eigenvalue weighted by molar-refractivity contribution is 0.519. The number of amidine groups is 1. The van der Waals surface area contributed by atoms with Crippen molar-refractivity contribution in [1.82, 2.24) is 25.2 Å². The zero-order valence-electron chi connectivity index (χ0n) is 24.4. The normalized spacial score (nSPS) is 14.7. The summed E-state index contributed by atoms with van der Waals surface area (Å²) in [5.41, 5.74) is 8.41. The number of halogens is 3. The summed E-state index contributed by atoms with van der Waals surface area (Å²) >= 11 is 6.27. The van der Waals surface area contributed by atoms with Crippen molar-refractivity contribution in [2.45, 2.75) is 64.5 Å². The van der Waals surface area contributed by atoms with Gasteiger partial charge in [-0.3, -0.25) is 9.98 Å². The first-order valence-corrected chi connectivity index (χ1v) is 15.2. The molecule has 1 unspecified atom stereocenters. The first-order valence-electron chi connectivity index (χ1n) is 14.8. The number of H-pyrrole nitrogens is 1. The lowest BCUT2D eigenvalue weighted by Gasteiger charge is -2.16. The summed E-state index contributed by atoms with van der Waals surface area (Å²) in [5.74, 6) is 0.0498. The highest BCUT2D eigenvalue weighted by Gasteiger charge is 2.27. The Bertz CT molecular complexity index is 1680. The molecule has 5 rings (SSSR count). The summed E-state index contributed by atoms with van der Waals surface area (Å²) in [7, 11) is 0.